The van der Waals surface area contributed by atoms with Crippen LogP contribution in [-0.2, 0) is 15.2 Å². The van der Waals surface area contributed by atoms with Crippen molar-refractivity contribution < 1.29 is 14.7 Å². The van der Waals surface area contributed by atoms with E-state index in [2.05, 4.69) is 35.8 Å². The fourth-order valence-corrected chi connectivity index (χ4v) is 5.41. The molecule has 0 atom stereocenters. The van der Waals surface area contributed by atoms with Crippen LogP contribution in [0.4, 0.5) is 5.13 Å². The highest BCUT2D eigenvalue weighted by atomic mass is 32.1. The minimum atomic E-state index is -1.26. The molecule has 234 valence electrons. The van der Waals surface area contributed by atoms with Gasteiger partial charge in [0, 0.05) is 22.1 Å². The Balaban J connectivity index is 0.000000345. The third kappa shape index (κ3) is 9.76. The monoisotopic (exact) mass is 614 g/mol. The van der Waals surface area contributed by atoms with Gasteiger partial charge in [-0.2, -0.15) is 0 Å². The first kappa shape index (κ1) is 34.5. The SMILES string of the molecule is CCCCN(CCCC)CCCC.Nc1nc(/C(=N\OC(c2ccccc2)(c2ccccc2)c2ccccc2)C(=O)O)cs1. The van der Waals surface area contributed by atoms with Gasteiger partial charge in [0.15, 0.2) is 5.13 Å². The first-order chi connectivity index (χ1) is 21.5. The van der Waals surface area contributed by atoms with Crippen molar-refractivity contribution in [1.82, 2.24) is 9.88 Å². The maximum atomic E-state index is 11.9. The number of nitrogens with two attached hydrogens (primary N) is 1. The predicted molar refractivity (Wildman–Crippen MR) is 182 cm³/mol. The molecular formula is C36H46N4O3S. The van der Waals surface area contributed by atoms with Gasteiger partial charge in [0.2, 0.25) is 11.3 Å². The van der Waals surface area contributed by atoms with Crippen LogP contribution < -0.4 is 5.73 Å². The summed E-state index contributed by atoms with van der Waals surface area (Å²) in [7, 11) is 0. The van der Waals surface area contributed by atoms with Gasteiger partial charge in [-0.05, 0) is 38.9 Å². The third-order valence-electron chi connectivity index (χ3n) is 7.27. The molecular weight excluding hydrogens is 568 g/mol. The lowest BCUT2D eigenvalue weighted by atomic mass is 9.80. The number of aromatic nitrogens is 1. The fourth-order valence-electron chi connectivity index (χ4n) is 4.86. The Morgan fingerprint density at radius 1 is 0.795 bits per heavy atom. The number of rotatable bonds is 16. The number of hydrogen-bond donors (Lipinski definition) is 2. The van der Waals surface area contributed by atoms with Gasteiger partial charge in [0.05, 0.1) is 0 Å². The van der Waals surface area contributed by atoms with Crippen LogP contribution in [0.2, 0.25) is 0 Å². The van der Waals surface area contributed by atoms with Gasteiger partial charge in [-0.3, -0.25) is 0 Å². The number of aliphatic carboxylic acids is 1. The average Bonchev–Trinajstić information content (AvgIpc) is 3.49. The maximum Gasteiger partial charge on any atom is 0.360 e. The number of benzene rings is 3. The van der Waals surface area contributed by atoms with Crippen LogP contribution in [-0.4, -0.2) is 46.3 Å². The molecule has 0 fully saturated rings. The van der Waals surface area contributed by atoms with Crippen LogP contribution in [0.25, 0.3) is 0 Å². The molecule has 4 aromatic rings. The van der Waals surface area contributed by atoms with Gasteiger partial charge in [-0.1, -0.05) is 136 Å². The molecule has 0 aliphatic heterocycles. The first-order valence-corrected chi connectivity index (χ1v) is 16.4. The van der Waals surface area contributed by atoms with E-state index in [-0.39, 0.29) is 16.5 Å². The van der Waals surface area contributed by atoms with Gasteiger partial charge in [-0.15, -0.1) is 11.3 Å². The Labute approximate surface area is 266 Å². The molecule has 0 spiro atoms. The van der Waals surface area contributed by atoms with Crippen LogP contribution in [0.15, 0.2) is 102 Å². The zero-order valence-electron chi connectivity index (χ0n) is 26.2. The van der Waals surface area contributed by atoms with Crippen LogP contribution in [0, 0.1) is 0 Å². The lowest BCUT2D eigenvalue weighted by Crippen LogP contribution is -2.32. The minimum absolute atomic E-state index is 0.151. The topological polar surface area (TPSA) is 101 Å². The van der Waals surface area contributed by atoms with Crippen LogP contribution in [0.3, 0.4) is 0 Å². The Hall–Kier alpha value is -4.01. The summed E-state index contributed by atoms with van der Waals surface area (Å²) in [5.74, 6) is -1.26. The molecule has 0 aliphatic rings. The predicted octanol–water partition coefficient (Wildman–Crippen LogP) is 8.21. The number of anilines is 1. The molecule has 0 amide bonds. The number of nitrogen functional groups attached to an aromatic ring is 1. The molecule has 8 heteroatoms. The van der Waals surface area contributed by atoms with E-state index in [9.17, 15) is 9.90 Å². The largest absolute Gasteiger partial charge is 0.476 e. The number of unbranched alkanes of at least 4 members (excludes halogenated alkanes) is 3. The summed E-state index contributed by atoms with van der Waals surface area (Å²) in [6.07, 6.45) is 8.09. The third-order valence-corrected chi connectivity index (χ3v) is 7.94. The van der Waals surface area contributed by atoms with Crippen molar-refractivity contribution in [2.75, 3.05) is 25.4 Å². The molecule has 1 heterocycles. The van der Waals surface area contributed by atoms with E-state index in [4.69, 9.17) is 10.6 Å². The molecule has 0 saturated heterocycles. The molecule has 1 aromatic heterocycles. The molecule has 0 saturated carbocycles. The number of hydrogen-bond acceptors (Lipinski definition) is 7. The fraction of sp³-hybridized carbons (Fsp3) is 0.361. The summed E-state index contributed by atoms with van der Waals surface area (Å²) in [6, 6.07) is 28.7. The van der Waals surface area contributed by atoms with E-state index in [1.54, 1.807) is 5.38 Å². The number of carbonyl (C=O) groups is 1. The summed E-state index contributed by atoms with van der Waals surface area (Å²) in [5.41, 5.74) is 6.76. The van der Waals surface area contributed by atoms with E-state index < -0.39 is 11.6 Å². The van der Waals surface area contributed by atoms with Crippen molar-refractivity contribution in [3.63, 3.8) is 0 Å². The van der Waals surface area contributed by atoms with E-state index >= 15 is 0 Å². The Kier molecular flexibility index (Phi) is 14.6. The molecule has 7 nitrogen and oxygen atoms in total. The van der Waals surface area contributed by atoms with E-state index in [1.165, 1.54) is 58.2 Å². The van der Waals surface area contributed by atoms with Gasteiger partial charge in [-0.25, -0.2) is 9.78 Å². The van der Waals surface area contributed by atoms with Gasteiger partial charge in [0.25, 0.3) is 0 Å². The molecule has 0 radical (unpaired) electrons. The van der Waals surface area contributed by atoms with E-state index in [0.717, 1.165) is 28.0 Å². The Morgan fingerprint density at radius 2 is 1.20 bits per heavy atom. The normalized spacial score (nSPS) is 11.6. The minimum Gasteiger partial charge on any atom is -0.476 e. The molecule has 0 unspecified atom stereocenters. The lowest BCUT2D eigenvalue weighted by molar-refractivity contribution is -0.129. The number of oxime groups is 1. The zero-order chi connectivity index (χ0) is 31.6. The standard InChI is InChI=1S/C24H19N3O3S.C12H27N/c25-23-26-20(16-31-23)21(22(28)29)27-30-24(17-10-4-1-5-11-17,18-12-6-2-7-13-18)19-14-8-3-9-15-19;1-4-7-10-13(11-8-5-2)12-9-6-3/h1-16H,(H2,25,26)(H,28,29);4-12H2,1-3H3/b27-21+;. The van der Waals surface area contributed by atoms with Crippen LogP contribution >= 0.6 is 11.3 Å². The number of thiazole rings is 1. The molecule has 0 aliphatic carbocycles. The highest BCUT2D eigenvalue weighted by Crippen LogP contribution is 2.40. The summed E-state index contributed by atoms with van der Waals surface area (Å²) >= 11 is 1.14. The van der Waals surface area contributed by atoms with Crippen molar-refractivity contribution in [1.29, 1.82) is 0 Å². The second-order valence-electron chi connectivity index (χ2n) is 10.6. The lowest BCUT2D eigenvalue weighted by Gasteiger charge is -2.33. The van der Waals surface area contributed by atoms with Crippen molar-refractivity contribution in [3.05, 3.63) is 119 Å². The molecule has 3 aromatic carbocycles. The highest BCUT2D eigenvalue weighted by molar-refractivity contribution is 7.13. The maximum absolute atomic E-state index is 11.9. The first-order valence-electron chi connectivity index (χ1n) is 15.6. The van der Waals surface area contributed by atoms with Gasteiger partial charge in [0.1, 0.15) is 5.69 Å². The highest BCUT2D eigenvalue weighted by Gasteiger charge is 2.40. The number of carboxylic acid groups (broad SMARTS) is 1. The molecule has 3 N–H and O–H groups in total. The van der Waals surface area contributed by atoms with Gasteiger partial charge < -0.3 is 20.6 Å². The van der Waals surface area contributed by atoms with Crippen LogP contribution in [0.5, 0.6) is 0 Å². The summed E-state index contributed by atoms with van der Waals surface area (Å²) < 4.78 is 0. The van der Waals surface area contributed by atoms with Crippen molar-refractivity contribution >= 4 is 28.1 Å². The number of nitrogens with zero attached hydrogens (tertiary/aromatic N) is 3. The number of carboxylic acids is 1. The smallest absolute Gasteiger partial charge is 0.360 e. The molecule has 4 rings (SSSR count). The van der Waals surface area contributed by atoms with E-state index in [1.807, 2.05) is 91.0 Å². The summed E-state index contributed by atoms with van der Waals surface area (Å²) in [4.78, 5) is 24.8. The molecule has 44 heavy (non-hydrogen) atoms. The average molecular weight is 615 g/mol. The van der Waals surface area contributed by atoms with Gasteiger partial charge >= 0.3 is 5.97 Å². The Morgan fingerprint density at radius 3 is 1.52 bits per heavy atom. The summed E-state index contributed by atoms with van der Waals surface area (Å²) in [5, 5.41) is 15.7. The zero-order valence-corrected chi connectivity index (χ0v) is 27.0. The quantitative estimate of drug-likeness (QED) is 0.0749. The van der Waals surface area contributed by atoms with Crippen molar-refractivity contribution in [2.45, 2.75) is 64.9 Å². The second-order valence-corrected chi connectivity index (χ2v) is 11.5. The Bertz CT molecular complexity index is 1280. The molecule has 0 bridgehead atoms. The van der Waals surface area contributed by atoms with E-state index in [0.29, 0.717) is 0 Å². The second kappa shape index (κ2) is 18.6. The van der Waals surface area contributed by atoms with Crippen molar-refractivity contribution in [2.24, 2.45) is 5.16 Å². The summed E-state index contributed by atoms with van der Waals surface area (Å²) in [6.45, 7) is 10.8. The van der Waals surface area contributed by atoms with Crippen molar-refractivity contribution in [3.8, 4) is 0 Å². The van der Waals surface area contributed by atoms with Crippen LogP contribution in [0.1, 0.15) is 81.7 Å².